The van der Waals surface area contributed by atoms with Crippen molar-refractivity contribution in [2.24, 2.45) is 0 Å². The van der Waals surface area contributed by atoms with Gasteiger partial charge in [0.1, 0.15) is 5.82 Å². The second-order valence-electron chi connectivity index (χ2n) is 8.62. The van der Waals surface area contributed by atoms with Crippen molar-refractivity contribution in [2.45, 2.75) is 45.4 Å². The van der Waals surface area contributed by atoms with E-state index < -0.39 is 0 Å². The molecule has 1 aliphatic rings. The smallest absolute Gasteiger partial charge is 0.198 e. The van der Waals surface area contributed by atoms with Crippen LogP contribution in [0, 0.1) is 6.92 Å². The molecule has 30 heavy (non-hydrogen) atoms. The fourth-order valence-electron chi connectivity index (χ4n) is 4.82. The van der Waals surface area contributed by atoms with Crippen molar-refractivity contribution in [3.05, 3.63) is 47.4 Å². The van der Waals surface area contributed by atoms with Crippen LogP contribution in [0.15, 0.2) is 30.5 Å². The van der Waals surface area contributed by atoms with Crippen molar-refractivity contribution in [3.8, 4) is 17.0 Å². The molecule has 6 heteroatoms. The maximum absolute atomic E-state index is 5.63. The van der Waals surface area contributed by atoms with Crippen molar-refractivity contribution in [1.82, 2.24) is 24.9 Å². The molecule has 0 radical (unpaired) electrons. The maximum atomic E-state index is 5.63. The van der Waals surface area contributed by atoms with E-state index in [1.807, 2.05) is 17.6 Å². The molecular weight excluding hydrogens is 374 g/mol. The topological polar surface area (TPSA) is 67.2 Å². The first-order valence-electron chi connectivity index (χ1n) is 10.8. The van der Waals surface area contributed by atoms with Gasteiger partial charge in [-0.05, 0) is 74.0 Å². The summed E-state index contributed by atoms with van der Waals surface area (Å²) in [5, 5.41) is 9.31. The number of aryl methyl sites for hydroxylation is 1. The summed E-state index contributed by atoms with van der Waals surface area (Å²) < 4.78 is 7.45. The van der Waals surface area contributed by atoms with Gasteiger partial charge in [-0.25, -0.2) is 9.50 Å². The van der Waals surface area contributed by atoms with Crippen LogP contribution in [0.3, 0.4) is 0 Å². The molecule has 0 amide bonds. The molecule has 156 valence electrons. The second kappa shape index (κ2) is 7.43. The minimum absolute atomic E-state index is 0.385. The van der Waals surface area contributed by atoms with Gasteiger partial charge in [0.05, 0.1) is 12.8 Å². The number of methoxy groups -OCH3 is 1. The Morgan fingerprint density at radius 3 is 2.70 bits per heavy atom. The van der Waals surface area contributed by atoms with E-state index in [0.29, 0.717) is 11.8 Å². The monoisotopic (exact) mass is 403 g/mol. The highest BCUT2D eigenvalue weighted by Crippen LogP contribution is 2.39. The number of rotatable bonds is 4. The molecule has 1 aromatic carbocycles. The van der Waals surface area contributed by atoms with Gasteiger partial charge in [-0.1, -0.05) is 19.9 Å². The lowest BCUT2D eigenvalue weighted by Gasteiger charge is -2.23. The molecular formula is C24H29N5O. The molecule has 0 atom stereocenters. The zero-order chi connectivity index (χ0) is 20.8. The quantitative estimate of drug-likeness (QED) is 0.514. The second-order valence-corrected chi connectivity index (χ2v) is 8.62. The number of H-pyrrole nitrogens is 1. The van der Waals surface area contributed by atoms with Crippen LogP contribution in [-0.2, 0) is 0 Å². The van der Waals surface area contributed by atoms with Gasteiger partial charge < -0.3 is 15.0 Å². The van der Waals surface area contributed by atoms with E-state index in [9.17, 15) is 0 Å². The van der Waals surface area contributed by atoms with E-state index in [0.717, 1.165) is 41.6 Å². The molecule has 1 aliphatic heterocycles. The predicted octanol–water partition coefficient (Wildman–Crippen LogP) is 4.79. The van der Waals surface area contributed by atoms with Crippen LogP contribution in [-0.4, -0.2) is 39.8 Å². The Kier molecular flexibility index (Phi) is 4.74. The minimum atomic E-state index is 0.385. The van der Waals surface area contributed by atoms with Crippen LogP contribution in [0.4, 0.5) is 0 Å². The average molecular weight is 404 g/mol. The summed E-state index contributed by atoms with van der Waals surface area (Å²) in [5.74, 6) is 2.49. The zero-order valence-electron chi connectivity index (χ0n) is 18.1. The molecule has 1 saturated heterocycles. The Morgan fingerprint density at radius 2 is 1.97 bits per heavy atom. The summed E-state index contributed by atoms with van der Waals surface area (Å²) in [4.78, 5) is 8.18. The van der Waals surface area contributed by atoms with Crippen molar-refractivity contribution >= 4 is 16.6 Å². The fourth-order valence-corrected chi connectivity index (χ4v) is 4.82. The number of pyridine rings is 1. The molecule has 0 aliphatic carbocycles. The SMILES string of the molecule is COc1cc(-c2[nH]c3ccc(C4CCNCC4)cc3c2C(C)C)cn2nc(C)nc12. The summed E-state index contributed by atoms with van der Waals surface area (Å²) in [6, 6.07) is 9.02. The molecule has 4 heterocycles. The number of fused-ring (bicyclic) bond motifs is 2. The molecule has 0 unspecified atom stereocenters. The summed E-state index contributed by atoms with van der Waals surface area (Å²) >= 11 is 0. The maximum Gasteiger partial charge on any atom is 0.198 e. The number of nitrogens with zero attached hydrogens (tertiary/aromatic N) is 3. The molecule has 2 N–H and O–H groups in total. The predicted molar refractivity (Wildman–Crippen MR) is 121 cm³/mol. The van der Waals surface area contributed by atoms with Crippen molar-refractivity contribution in [2.75, 3.05) is 20.2 Å². The normalized spacial score (nSPS) is 15.5. The Labute approximate surface area is 176 Å². The summed E-state index contributed by atoms with van der Waals surface area (Å²) in [5.41, 5.74) is 6.92. The zero-order valence-corrected chi connectivity index (χ0v) is 18.1. The van der Waals surface area contributed by atoms with Gasteiger partial charge >= 0.3 is 0 Å². The number of aromatic nitrogens is 4. The van der Waals surface area contributed by atoms with E-state index in [2.05, 4.69) is 58.5 Å². The van der Waals surface area contributed by atoms with Crippen molar-refractivity contribution < 1.29 is 4.74 Å². The van der Waals surface area contributed by atoms with Gasteiger partial charge in [-0.15, -0.1) is 0 Å². The van der Waals surface area contributed by atoms with Crippen LogP contribution in [0.1, 0.15) is 55.5 Å². The van der Waals surface area contributed by atoms with Crippen LogP contribution < -0.4 is 10.1 Å². The molecule has 0 saturated carbocycles. The van der Waals surface area contributed by atoms with Gasteiger partial charge in [0.25, 0.3) is 0 Å². The fraction of sp³-hybridized carbons (Fsp3) is 0.417. The first kappa shape index (κ1) is 19.1. The highest BCUT2D eigenvalue weighted by atomic mass is 16.5. The Balaban J connectivity index is 1.69. The Hall–Kier alpha value is -2.86. The molecule has 3 aromatic heterocycles. The number of hydrogen-bond donors (Lipinski definition) is 2. The van der Waals surface area contributed by atoms with Crippen molar-refractivity contribution in [3.63, 3.8) is 0 Å². The lowest BCUT2D eigenvalue weighted by atomic mass is 9.88. The molecule has 0 bridgehead atoms. The third-order valence-corrected chi connectivity index (χ3v) is 6.26. The molecule has 6 nitrogen and oxygen atoms in total. The van der Waals surface area contributed by atoms with Crippen LogP contribution in [0.5, 0.6) is 5.75 Å². The number of hydrogen-bond acceptors (Lipinski definition) is 4. The summed E-state index contributed by atoms with van der Waals surface area (Å²) in [6.45, 7) is 8.64. The van der Waals surface area contributed by atoms with Crippen molar-refractivity contribution in [1.29, 1.82) is 0 Å². The third-order valence-electron chi connectivity index (χ3n) is 6.26. The standard InChI is InChI=1S/C24H29N5O/c1-14(2)22-19-11-17(16-7-9-25-10-8-16)5-6-20(19)27-23(22)18-12-21(30-4)24-26-15(3)28-29(24)13-18/h5-6,11-14,16,25,27H,7-10H2,1-4H3. The Morgan fingerprint density at radius 1 is 1.17 bits per heavy atom. The van der Waals surface area contributed by atoms with E-state index in [-0.39, 0.29) is 0 Å². The molecule has 5 rings (SSSR count). The lowest BCUT2D eigenvalue weighted by molar-refractivity contribution is 0.416. The molecule has 4 aromatic rings. The number of ether oxygens (including phenoxy) is 1. The van der Waals surface area contributed by atoms with Crippen LogP contribution in [0.25, 0.3) is 27.8 Å². The third kappa shape index (κ3) is 3.16. The lowest BCUT2D eigenvalue weighted by Crippen LogP contribution is -2.26. The van der Waals surface area contributed by atoms with Crippen LogP contribution >= 0.6 is 0 Å². The van der Waals surface area contributed by atoms with E-state index in [4.69, 9.17) is 4.74 Å². The van der Waals surface area contributed by atoms with Gasteiger partial charge in [-0.2, -0.15) is 5.10 Å². The highest BCUT2D eigenvalue weighted by Gasteiger charge is 2.21. The highest BCUT2D eigenvalue weighted by molar-refractivity contribution is 5.92. The molecule has 0 spiro atoms. The number of aromatic amines is 1. The minimum Gasteiger partial charge on any atom is -0.493 e. The summed E-state index contributed by atoms with van der Waals surface area (Å²) in [7, 11) is 1.68. The molecule has 1 fully saturated rings. The van der Waals surface area contributed by atoms with E-state index in [1.54, 1.807) is 7.11 Å². The van der Waals surface area contributed by atoms with E-state index in [1.165, 1.54) is 34.9 Å². The Bertz CT molecular complexity index is 1210. The van der Waals surface area contributed by atoms with Gasteiger partial charge in [0, 0.05) is 22.7 Å². The average Bonchev–Trinajstić information content (AvgIpc) is 3.32. The van der Waals surface area contributed by atoms with Gasteiger partial charge in [-0.3, -0.25) is 0 Å². The number of nitrogens with one attached hydrogen (secondary N) is 2. The van der Waals surface area contributed by atoms with Gasteiger partial charge in [0.2, 0.25) is 0 Å². The largest absolute Gasteiger partial charge is 0.493 e. The van der Waals surface area contributed by atoms with E-state index >= 15 is 0 Å². The number of benzene rings is 1. The summed E-state index contributed by atoms with van der Waals surface area (Å²) in [6.07, 6.45) is 4.46. The van der Waals surface area contributed by atoms with Gasteiger partial charge in [0.15, 0.2) is 11.4 Å². The first-order chi connectivity index (χ1) is 14.5. The first-order valence-corrected chi connectivity index (χ1v) is 10.8. The number of piperidine rings is 1. The van der Waals surface area contributed by atoms with Crippen LogP contribution in [0.2, 0.25) is 0 Å².